The number of rotatable bonds is 3. The zero-order valence-corrected chi connectivity index (χ0v) is 14.0. The summed E-state index contributed by atoms with van der Waals surface area (Å²) in [5.74, 6) is 0.652. The lowest BCUT2D eigenvalue weighted by Gasteiger charge is -2.38. The molecule has 2 nitrogen and oxygen atoms in total. The van der Waals surface area contributed by atoms with Crippen molar-refractivity contribution in [3.63, 3.8) is 0 Å². The number of nitrogens with one attached hydrogen (secondary N) is 1. The minimum atomic E-state index is -0.0930. The van der Waals surface area contributed by atoms with Gasteiger partial charge in [0.2, 0.25) is 0 Å². The highest BCUT2D eigenvalue weighted by molar-refractivity contribution is 5.50. The first-order valence-electron chi connectivity index (χ1n) is 8.06. The maximum Gasteiger partial charge on any atom is 0.146 e. The molecule has 2 atom stereocenters. The second-order valence-corrected chi connectivity index (χ2v) is 7.56. The molecule has 1 N–H and O–H groups in total. The number of hydrogen-bond donors (Lipinski definition) is 1. The maximum absolute atomic E-state index is 14.5. The largest absolute Gasteiger partial charge is 0.366 e. The zero-order chi connectivity index (χ0) is 15.6. The first kappa shape index (κ1) is 16.3. The van der Waals surface area contributed by atoms with E-state index in [0.717, 1.165) is 36.6 Å². The molecule has 0 spiro atoms. The lowest BCUT2D eigenvalue weighted by molar-refractivity contribution is 0.374. The van der Waals surface area contributed by atoms with E-state index >= 15 is 0 Å². The van der Waals surface area contributed by atoms with Crippen molar-refractivity contribution in [3.05, 3.63) is 29.6 Å². The normalized spacial score (nSPS) is 23.4. The standard InChI is InChI=1S/C18H29FN2/c1-13-8-9-21(14(2)10-13)17-7-6-15(11-16(17)19)12-20-18(3,4)5/h6-7,11,13-14,20H,8-10,12H2,1-5H3. The number of nitrogens with zero attached hydrogens (tertiary/aromatic N) is 1. The van der Waals surface area contributed by atoms with E-state index in [1.807, 2.05) is 12.1 Å². The molecule has 0 aliphatic carbocycles. The molecule has 3 heteroatoms. The molecular formula is C18H29FN2. The number of halogens is 1. The van der Waals surface area contributed by atoms with Crippen LogP contribution in [0.3, 0.4) is 0 Å². The van der Waals surface area contributed by atoms with Crippen LogP contribution in [-0.2, 0) is 6.54 Å². The monoisotopic (exact) mass is 292 g/mol. The van der Waals surface area contributed by atoms with Gasteiger partial charge in [-0.1, -0.05) is 13.0 Å². The van der Waals surface area contributed by atoms with E-state index < -0.39 is 0 Å². The Balaban J connectivity index is 2.09. The second-order valence-electron chi connectivity index (χ2n) is 7.56. The zero-order valence-electron chi connectivity index (χ0n) is 14.0. The summed E-state index contributed by atoms with van der Waals surface area (Å²) in [4.78, 5) is 2.22. The lowest BCUT2D eigenvalue weighted by atomic mass is 9.93. The third-order valence-corrected chi connectivity index (χ3v) is 4.28. The highest BCUT2D eigenvalue weighted by Gasteiger charge is 2.25. The van der Waals surface area contributed by atoms with Crippen LogP contribution in [-0.4, -0.2) is 18.1 Å². The van der Waals surface area contributed by atoms with Gasteiger partial charge in [-0.25, -0.2) is 4.39 Å². The number of hydrogen-bond acceptors (Lipinski definition) is 2. The van der Waals surface area contributed by atoms with Gasteiger partial charge < -0.3 is 10.2 Å². The van der Waals surface area contributed by atoms with E-state index in [1.54, 1.807) is 6.07 Å². The highest BCUT2D eigenvalue weighted by Crippen LogP contribution is 2.30. The molecule has 1 aromatic carbocycles. The first-order chi connectivity index (χ1) is 9.76. The van der Waals surface area contributed by atoms with E-state index in [2.05, 4.69) is 44.8 Å². The highest BCUT2D eigenvalue weighted by atomic mass is 19.1. The van der Waals surface area contributed by atoms with Gasteiger partial charge in [-0.15, -0.1) is 0 Å². The van der Waals surface area contributed by atoms with Crippen molar-refractivity contribution in [3.8, 4) is 0 Å². The summed E-state index contributed by atoms with van der Waals surface area (Å²) in [5.41, 5.74) is 1.81. The van der Waals surface area contributed by atoms with E-state index in [9.17, 15) is 4.39 Å². The molecule has 118 valence electrons. The predicted molar refractivity (Wildman–Crippen MR) is 88.2 cm³/mol. The molecule has 2 rings (SSSR count). The first-order valence-corrected chi connectivity index (χ1v) is 8.06. The average molecular weight is 292 g/mol. The number of benzene rings is 1. The molecule has 1 heterocycles. The Hall–Kier alpha value is -1.09. The van der Waals surface area contributed by atoms with Crippen molar-refractivity contribution in [1.29, 1.82) is 0 Å². The molecule has 1 aromatic rings. The fraction of sp³-hybridized carbons (Fsp3) is 0.667. The Bertz CT molecular complexity index is 479. The molecule has 21 heavy (non-hydrogen) atoms. The number of anilines is 1. The molecule has 1 fully saturated rings. The van der Waals surface area contributed by atoms with Crippen molar-refractivity contribution >= 4 is 5.69 Å². The number of piperidine rings is 1. The van der Waals surface area contributed by atoms with Crippen molar-refractivity contribution in [2.75, 3.05) is 11.4 Å². The van der Waals surface area contributed by atoms with Gasteiger partial charge in [0, 0.05) is 24.7 Å². The molecule has 0 radical (unpaired) electrons. The lowest BCUT2D eigenvalue weighted by Crippen LogP contribution is -2.40. The fourth-order valence-electron chi connectivity index (χ4n) is 3.03. The van der Waals surface area contributed by atoms with Gasteiger partial charge in [-0.2, -0.15) is 0 Å². The van der Waals surface area contributed by atoms with Gasteiger partial charge in [-0.05, 0) is 64.2 Å². The minimum absolute atomic E-state index is 0.0483. The summed E-state index contributed by atoms with van der Waals surface area (Å²) in [6, 6.07) is 6.09. The van der Waals surface area contributed by atoms with Crippen LogP contribution in [0.1, 0.15) is 53.0 Å². The van der Waals surface area contributed by atoms with Crippen LogP contribution in [0.2, 0.25) is 0 Å². The van der Waals surface area contributed by atoms with Gasteiger partial charge >= 0.3 is 0 Å². The molecule has 1 saturated heterocycles. The van der Waals surface area contributed by atoms with Gasteiger partial charge in [-0.3, -0.25) is 0 Å². The Labute approximate surface area is 128 Å². The van der Waals surface area contributed by atoms with Crippen molar-refractivity contribution in [2.24, 2.45) is 5.92 Å². The second kappa shape index (κ2) is 6.35. The van der Waals surface area contributed by atoms with Gasteiger partial charge in [0.15, 0.2) is 0 Å². The smallest absolute Gasteiger partial charge is 0.146 e. The van der Waals surface area contributed by atoms with Crippen LogP contribution < -0.4 is 10.2 Å². The average Bonchev–Trinajstić information content (AvgIpc) is 2.37. The van der Waals surface area contributed by atoms with Crippen LogP contribution in [0.4, 0.5) is 10.1 Å². The molecule has 0 amide bonds. The van der Waals surface area contributed by atoms with Crippen LogP contribution in [0.15, 0.2) is 18.2 Å². The van der Waals surface area contributed by atoms with Crippen molar-refractivity contribution in [1.82, 2.24) is 5.32 Å². The van der Waals surface area contributed by atoms with E-state index in [4.69, 9.17) is 0 Å². The SMILES string of the molecule is CC1CCN(c2ccc(CNC(C)(C)C)cc2F)C(C)C1. The Morgan fingerprint density at radius 3 is 2.57 bits per heavy atom. The molecule has 0 aromatic heterocycles. The van der Waals surface area contributed by atoms with Crippen LogP contribution >= 0.6 is 0 Å². The third-order valence-electron chi connectivity index (χ3n) is 4.28. The Morgan fingerprint density at radius 2 is 2.00 bits per heavy atom. The summed E-state index contributed by atoms with van der Waals surface area (Å²) in [6.45, 7) is 12.5. The van der Waals surface area contributed by atoms with Gasteiger partial charge in [0.05, 0.1) is 5.69 Å². The fourth-order valence-corrected chi connectivity index (χ4v) is 3.03. The van der Waals surface area contributed by atoms with Crippen LogP contribution in [0.25, 0.3) is 0 Å². The van der Waals surface area contributed by atoms with E-state index in [1.165, 1.54) is 0 Å². The van der Waals surface area contributed by atoms with Crippen LogP contribution in [0.5, 0.6) is 0 Å². The van der Waals surface area contributed by atoms with E-state index in [0.29, 0.717) is 12.6 Å². The topological polar surface area (TPSA) is 15.3 Å². The molecular weight excluding hydrogens is 263 g/mol. The molecule has 1 aliphatic heterocycles. The summed E-state index contributed by atoms with van der Waals surface area (Å²) < 4.78 is 14.5. The summed E-state index contributed by atoms with van der Waals surface area (Å²) in [5, 5.41) is 3.40. The van der Waals surface area contributed by atoms with Gasteiger partial charge in [0.25, 0.3) is 0 Å². The Kier molecular flexibility index (Phi) is 4.92. The molecule has 1 aliphatic rings. The predicted octanol–water partition coefficient (Wildman–Crippen LogP) is 4.34. The maximum atomic E-state index is 14.5. The molecule has 0 saturated carbocycles. The van der Waals surface area contributed by atoms with Crippen molar-refractivity contribution < 1.29 is 4.39 Å². The minimum Gasteiger partial charge on any atom is -0.366 e. The van der Waals surface area contributed by atoms with Crippen molar-refractivity contribution in [2.45, 2.75) is 65.6 Å². The summed E-state index contributed by atoms with van der Waals surface area (Å²) >= 11 is 0. The molecule has 0 bridgehead atoms. The van der Waals surface area contributed by atoms with E-state index in [-0.39, 0.29) is 11.4 Å². The molecule has 2 unspecified atom stereocenters. The third kappa shape index (κ3) is 4.44. The summed E-state index contributed by atoms with van der Waals surface area (Å²) in [7, 11) is 0. The summed E-state index contributed by atoms with van der Waals surface area (Å²) in [6.07, 6.45) is 2.30. The van der Waals surface area contributed by atoms with Gasteiger partial charge in [0.1, 0.15) is 5.82 Å². The Morgan fingerprint density at radius 1 is 1.29 bits per heavy atom. The quantitative estimate of drug-likeness (QED) is 0.891. The van der Waals surface area contributed by atoms with Crippen LogP contribution in [0, 0.1) is 11.7 Å².